The summed E-state index contributed by atoms with van der Waals surface area (Å²) in [6.45, 7) is 0. The summed E-state index contributed by atoms with van der Waals surface area (Å²) >= 11 is 5.77. The van der Waals surface area contributed by atoms with Gasteiger partial charge in [0, 0.05) is 39.6 Å². The number of para-hydroxylation sites is 1. The molecule has 2 amide bonds. The van der Waals surface area contributed by atoms with Gasteiger partial charge in [0.2, 0.25) is 0 Å². The molecule has 0 saturated carbocycles. The van der Waals surface area contributed by atoms with E-state index in [0.717, 1.165) is 18.3 Å². The molecule has 0 atom stereocenters. The first kappa shape index (κ1) is 26.8. The number of anilines is 2. The van der Waals surface area contributed by atoms with Gasteiger partial charge in [-0.2, -0.15) is 13.2 Å². The molecule has 2 N–H and O–H groups in total. The first-order valence-corrected chi connectivity index (χ1v) is 12.2. The number of pyridine rings is 1. The van der Waals surface area contributed by atoms with Crippen molar-refractivity contribution in [1.82, 2.24) is 4.98 Å². The van der Waals surface area contributed by atoms with Crippen LogP contribution in [0.3, 0.4) is 0 Å². The number of ketones is 1. The maximum absolute atomic E-state index is 13.8. The second-order valence-electron chi connectivity index (χ2n) is 8.73. The number of urea groups is 1. The molecule has 0 radical (unpaired) electrons. The highest BCUT2D eigenvalue weighted by atomic mass is 35.5. The fourth-order valence-electron chi connectivity index (χ4n) is 4.30. The van der Waals surface area contributed by atoms with Crippen molar-refractivity contribution < 1.29 is 27.2 Å². The van der Waals surface area contributed by atoms with Crippen molar-refractivity contribution in [3.05, 3.63) is 125 Å². The number of alkyl halides is 3. The highest BCUT2D eigenvalue weighted by Gasteiger charge is 2.34. The molecule has 5 nitrogen and oxygen atoms in total. The minimum Gasteiger partial charge on any atom is -0.308 e. The average molecular weight is 564 g/mol. The number of fused-ring (bicyclic) bond motifs is 1. The molecule has 0 saturated heterocycles. The van der Waals surface area contributed by atoms with Gasteiger partial charge < -0.3 is 10.6 Å². The third-order valence-electron chi connectivity index (χ3n) is 6.07. The summed E-state index contributed by atoms with van der Waals surface area (Å²) in [5.41, 5.74) is 0.348. The van der Waals surface area contributed by atoms with E-state index in [1.54, 1.807) is 48.5 Å². The van der Waals surface area contributed by atoms with E-state index in [4.69, 9.17) is 11.6 Å². The highest BCUT2D eigenvalue weighted by Crippen LogP contribution is 2.39. The van der Waals surface area contributed by atoms with Gasteiger partial charge in [-0.3, -0.25) is 9.78 Å². The van der Waals surface area contributed by atoms with Crippen molar-refractivity contribution in [1.29, 1.82) is 0 Å². The second-order valence-corrected chi connectivity index (χ2v) is 9.14. The molecule has 0 fully saturated rings. The molecule has 5 rings (SSSR count). The molecule has 1 aromatic heterocycles. The Morgan fingerprint density at radius 1 is 0.800 bits per heavy atom. The van der Waals surface area contributed by atoms with Crippen molar-refractivity contribution in [2.75, 3.05) is 10.6 Å². The molecule has 4 aromatic carbocycles. The fraction of sp³-hybridized carbons (Fsp3) is 0.0333. The summed E-state index contributed by atoms with van der Waals surface area (Å²) in [6, 6.07) is 21.3. The second kappa shape index (κ2) is 10.8. The van der Waals surface area contributed by atoms with E-state index < -0.39 is 29.4 Å². The first-order valence-electron chi connectivity index (χ1n) is 11.8. The third kappa shape index (κ3) is 5.50. The third-order valence-corrected chi connectivity index (χ3v) is 6.36. The van der Waals surface area contributed by atoms with Crippen LogP contribution in [0.2, 0.25) is 5.02 Å². The Morgan fingerprint density at radius 2 is 1.50 bits per heavy atom. The zero-order valence-corrected chi connectivity index (χ0v) is 21.1. The molecule has 0 aliphatic heterocycles. The van der Waals surface area contributed by atoms with Gasteiger partial charge in [0.1, 0.15) is 5.82 Å². The quantitative estimate of drug-likeness (QED) is 0.166. The number of nitrogens with one attached hydrogen (secondary N) is 2. The molecule has 0 aliphatic carbocycles. The predicted octanol–water partition coefficient (Wildman–Crippen LogP) is 8.59. The normalized spacial score (nSPS) is 11.3. The van der Waals surface area contributed by atoms with Gasteiger partial charge in [0.15, 0.2) is 5.78 Å². The maximum Gasteiger partial charge on any atom is 0.418 e. The number of halogens is 5. The minimum absolute atomic E-state index is 0.0978. The highest BCUT2D eigenvalue weighted by molar-refractivity contribution is 6.31. The van der Waals surface area contributed by atoms with Crippen molar-refractivity contribution in [2.45, 2.75) is 6.18 Å². The van der Waals surface area contributed by atoms with Crippen LogP contribution in [0.1, 0.15) is 21.5 Å². The van der Waals surface area contributed by atoms with Gasteiger partial charge in [-0.1, -0.05) is 66.2 Å². The SMILES string of the molecule is O=C(Nc1cccc(-c2c(C(=O)c3ccccc3)cnc3c(C(F)(F)F)cccc23)c1)Nc1ccc(F)c(Cl)c1. The maximum atomic E-state index is 13.8. The number of nitrogens with zero attached hydrogens (tertiary/aromatic N) is 1. The summed E-state index contributed by atoms with van der Waals surface area (Å²) in [5.74, 6) is -1.06. The lowest BCUT2D eigenvalue weighted by atomic mass is 9.91. The molecule has 40 heavy (non-hydrogen) atoms. The minimum atomic E-state index is -4.67. The summed E-state index contributed by atoms with van der Waals surface area (Å²) < 4.78 is 54.9. The Kier molecular flexibility index (Phi) is 7.23. The summed E-state index contributed by atoms with van der Waals surface area (Å²) in [4.78, 5) is 30.2. The molecule has 0 unspecified atom stereocenters. The smallest absolute Gasteiger partial charge is 0.308 e. The van der Waals surface area contributed by atoms with E-state index in [9.17, 15) is 27.2 Å². The van der Waals surface area contributed by atoms with Gasteiger partial charge in [-0.05, 0) is 42.0 Å². The van der Waals surface area contributed by atoms with Crippen LogP contribution in [-0.4, -0.2) is 16.8 Å². The Hall–Kier alpha value is -4.76. The lowest BCUT2D eigenvalue weighted by Gasteiger charge is -2.16. The van der Waals surface area contributed by atoms with Gasteiger partial charge in [0.25, 0.3) is 0 Å². The number of hydrogen-bond donors (Lipinski definition) is 2. The van der Waals surface area contributed by atoms with Crippen LogP contribution in [-0.2, 0) is 6.18 Å². The van der Waals surface area contributed by atoms with Crippen molar-refractivity contribution in [3.63, 3.8) is 0 Å². The van der Waals surface area contributed by atoms with E-state index in [-0.39, 0.29) is 32.7 Å². The van der Waals surface area contributed by atoms with Gasteiger partial charge in [0.05, 0.1) is 16.1 Å². The van der Waals surface area contributed by atoms with E-state index in [1.807, 2.05) is 0 Å². The lowest BCUT2D eigenvalue weighted by Crippen LogP contribution is -2.19. The molecular formula is C30H18ClF4N3O2. The van der Waals surface area contributed by atoms with Crippen molar-refractivity contribution in [2.24, 2.45) is 0 Å². The molecular weight excluding hydrogens is 546 g/mol. The van der Waals surface area contributed by atoms with E-state index in [0.29, 0.717) is 16.8 Å². The number of carbonyl (C=O) groups excluding carboxylic acids is 2. The van der Waals surface area contributed by atoms with Crippen LogP contribution in [0.4, 0.5) is 33.7 Å². The molecule has 0 bridgehead atoms. The monoisotopic (exact) mass is 563 g/mol. The number of aromatic nitrogens is 1. The van der Waals surface area contributed by atoms with Crippen molar-refractivity contribution in [3.8, 4) is 11.1 Å². The predicted molar refractivity (Wildman–Crippen MR) is 146 cm³/mol. The zero-order valence-electron chi connectivity index (χ0n) is 20.4. The van der Waals surface area contributed by atoms with Crippen LogP contribution in [0.15, 0.2) is 97.2 Å². The van der Waals surface area contributed by atoms with Gasteiger partial charge in [-0.15, -0.1) is 0 Å². The number of rotatable bonds is 5. The standard InChI is InChI=1S/C30H18ClF4N3O2/c31-24-15-20(12-13-25(24)32)38-29(40)37-19-9-4-8-18(14-19)26-21-10-5-11-23(30(33,34)35)27(21)36-16-22(26)28(39)17-6-2-1-3-7-17/h1-16H,(H2,37,38,40). The Morgan fingerprint density at radius 3 is 2.20 bits per heavy atom. The average Bonchev–Trinajstić information content (AvgIpc) is 2.93. The largest absolute Gasteiger partial charge is 0.418 e. The van der Waals surface area contributed by atoms with Crippen LogP contribution in [0.25, 0.3) is 22.0 Å². The molecule has 0 aliphatic rings. The van der Waals surface area contributed by atoms with Crippen LogP contribution >= 0.6 is 11.6 Å². The molecule has 5 aromatic rings. The number of benzene rings is 4. The number of hydrogen-bond acceptors (Lipinski definition) is 3. The zero-order chi connectivity index (χ0) is 28.4. The topological polar surface area (TPSA) is 71.1 Å². The van der Waals surface area contributed by atoms with Gasteiger partial charge >= 0.3 is 12.2 Å². The molecule has 200 valence electrons. The summed E-state index contributed by atoms with van der Waals surface area (Å²) in [6.07, 6.45) is -3.52. The fourth-order valence-corrected chi connectivity index (χ4v) is 4.48. The van der Waals surface area contributed by atoms with Crippen molar-refractivity contribution >= 4 is 45.7 Å². The van der Waals surface area contributed by atoms with Crippen LogP contribution in [0.5, 0.6) is 0 Å². The molecule has 0 spiro atoms. The van der Waals surface area contributed by atoms with E-state index in [2.05, 4.69) is 15.6 Å². The van der Waals surface area contributed by atoms with Crippen LogP contribution < -0.4 is 10.6 Å². The summed E-state index contributed by atoms with van der Waals surface area (Å²) in [5, 5.41) is 5.12. The van der Waals surface area contributed by atoms with Crippen LogP contribution in [0, 0.1) is 5.82 Å². The van der Waals surface area contributed by atoms with Gasteiger partial charge in [-0.25, -0.2) is 9.18 Å². The Balaban J connectivity index is 1.59. The molecule has 1 heterocycles. The van der Waals surface area contributed by atoms with E-state index in [1.165, 1.54) is 30.3 Å². The molecule has 10 heteroatoms. The number of carbonyl (C=O) groups is 2. The van der Waals surface area contributed by atoms with E-state index >= 15 is 0 Å². The Labute approximate surface area is 230 Å². The summed E-state index contributed by atoms with van der Waals surface area (Å²) in [7, 11) is 0. The first-order chi connectivity index (χ1) is 19.1. The lowest BCUT2D eigenvalue weighted by molar-refractivity contribution is -0.136. The Bertz CT molecular complexity index is 1760. The number of amides is 2.